The molecule has 2 N–H and O–H groups in total. The zero-order valence-electron chi connectivity index (χ0n) is 11.7. The SMILES string of the molecule is CN(c1ccc(C(F)(F)F)c(CN)c1)C1CCCCC1. The second kappa shape index (κ2) is 6.04. The highest BCUT2D eigenvalue weighted by Crippen LogP contribution is 2.35. The van der Waals surface area contributed by atoms with E-state index in [4.69, 9.17) is 5.73 Å². The number of hydrogen-bond donors (Lipinski definition) is 1. The molecule has 0 amide bonds. The zero-order valence-corrected chi connectivity index (χ0v) is 11.7. The van der Waals surface area contributed by atoms with Gasteiger partial charge in [0.05, 0.1) is 5.56 Å². The van der Waals surface area contributed by atoms with Crippen LogP contribution in [0.4, 0.5) is 18.9 Å². The maximum Gasteiger partial charge on any atom is 0.416 e. The van der Waals surface area contributed by atoms with Crippen LogP contribution in [-0.4, -0.2) is 13.1 Å². The first-order valence-corrected chi connectivity index (χ1v) is 7.06. The number of rotatable bonds is 3. The topological polar surface area (TPSA) is 29.3 Å². The maximum atomic E-state index is 12.9. The molecule has 0 atom stereocenters. The third-order valence-corrected chi connectivity index (χ3v) is 4.14. The summed E-state index contributed by atoms with van der Waals surface area (Å²) >= 11 is 0. The molecule has 1 aromatic carbocycles. The van der Waals surface area contributed by atoms with Gasteiger partial charge in [0.25, 0.3) is 0 Å². The molecule has 1 saturated carbocycles. The Morgan fingerprint density at radius 3 is 2.40 bits per heavy atom. The predicted octanol–water partition coefficient (Wildman–Crippen LogP) is 3.93. The predicted molar refractivity (Wildman–Crippen MR) is 74.6 cm³/mol. The summed E-state index contributed by atoms with van der Waals surface area (Å²) in [7, 11) is 1.96. The summed E-state index contributed by atoms with van der Waals surface area (Å²) in [4.78, 5) is 2.10. The summed E-state index contributed by atoms with van der Waals surface area (Å²) in [5.74, 6) is 0. The largest absolute Gasteiger partial charge is 0.416 e. The van der Waals surface area contributed by atoms with Gasteiger partial charge in [0, 0.05) is 25.3 Å². The van der Waals surface area contributed by atoms with Crippen molar-refractivity contribution in [3.05, 3.63) is 29.3 Å². The van der Waals surface area contributed by atoms with E-state index >= 15 is 0 Å². The highest BCUT2D eigenvalue weighted by Gasteiger charge is 2.33. The van der Waals surface area contributed by atoms with Crippen molar-refractivity contribution in [3.63, 3.8) is 0 Å². The van der Waals surface area contributed by atoms with Gasteiger partial charge in [-0.15, -0.1) is 0 Å². The lowest BCUT2D eigenvalue weighted by Gasteiger charge is -2.33. The number of anilines is 1. The molecule has 20 heavy (non-hydrogen) atoms. The summed E-state index contributed by atoms with van der Waals surface area (Å²) in [6.45, 7) is -0.0960. The quantitative estimate of drug-likeness (QED) is 0.912. The Bertz CT molecular complexity index is 451. The van der Waals surface area contributed by atoms with Gasteiger partial charge in [-0.3, -0.25) is 0 Å². The third kappa shape index (κ3) is 3.26. The first-order chi connectivity index (χ1) is 9.43. The van der Waals surface area contributed by atoms with Crippen molar-refractivity contribution in [3.8, 4) is 0 Å². The van der Waals surface area contributed by atoms with Gasteiger partial charge in [0.1, 0.15) is 0 Å². The summed E-state index contributed by atoms with van der Waals surface area (Å²) < 4.78 is 38.6. The molecule has 0 saturated heterocycles. The maximum absolute atomic E-state index is 12.9. The zero-order chi connectivity index (χ0) is 14.8. The minimum absolute atomic E-state index is 0.0960. The van der Waals surface area contributed by atoms with Crippen molar-refractivity contribution in [2.24, 2.45) is 5.73 Å². The van der Waals surface area contributed by atoms with Crippen LogP contribution in [0.3, 0.4) is 0 Å². The second-order valence-electron chi connectivity index (χ2n) is 5.45. The summed E-state index contributed by atoms with van der Waals surface area (Å²) in [5, 5.41) is 0. The lowest BCUT2D eigenvalue weighted by Crippen LogP contribution is -2.33. The Labute approximate surface area is 117 Å². The van der Waals surface area contributed by atoms with Crippen molar-refractivity contribution in [1.82, 2.24) is 0 Å². The normalized spacial score (nSPS) is 17.2. The van der Waals surface area contributed by atoms with Crippen molar-refractivity contribution < 1.29 is 13.2 Å². The molecule has 1 fully saturated rings. The summed E-state index contributed by atoms with van der Waals surface area (Å²) in [5.41, 5.74) is 5.84. The van der Waals surface area contributed by atoms with Gasteiger partial charge in [0.2, 0.25) is 0 Å². The Hall–Kier alpha value is -1.23. The smallest absolute Gasteiger partial charge is 0.372 e. The van der Waals surface area contributed by atoms with Crippen LogP contribution in [-0.2, 0) is 12.7 Å². The van der Waals surface area contributed by atoms with Gasteiger partial charge in [0.15, 0.2) is 0 Å². The molecule has 0 bridgehead atoms. The van der Waals surface area contributed by atoms with Crippen LogP contribution in [0.5, 0.6) is 0 Å². The Morgan fingerprint density at radius 1 is 1.20 bits per heavy atom. The number of nitrogens with zero attached hydrogens (tertiary/aromatic N) is 1. The molecule has 1 aromatic rings. The molecule has 2 nitrogen and oxygen atoms in total. The van der Waals surface area contributed by atoms with Gasteiger partial charge in [-0.2, -0.15) is 13.2 Å². The van der Waals surface area contributed by atoms with E-state index in [1.54, 1.807) is 12.1 Å². The van der Waals surface area contributed by atoms with Crippen molar-refractivity contribution >= 4 is 5.69 Å². The van der Waals surface area contributed by atoms with E-state index in [1.165, 1.54) is 19.3 Å². The number of hydrogen-bond acceptors (Lipinski definition) is 2. The highest BCUT2D eigenvalue weighted by atomic mass is 19.4. The lowest BCUT2D eigenvalue weighted by atomic mass is 9.94. The van der Waals surface area contributed by atoms with E-state index in [9.17, 15) is 13.2 Å². The van der Waals surface area contributed by atoms with Crippen LogP contribution in [0, 0.1) is 0 Å². The fourth-order valence-corrected chi connectivity index (χ4v) is 2.92. The average Bonchev–Trinajstić information content (AvgIpc) is 2.45. The first kappa shape index (κ1) is 15.2. The monoisotopic (exact) mass is 286 g/mol. The Balaban J connectivity index is 2.24. The molecule has 0 aromatic heterocycles. The number of halogens is 3. The van der Waals surface area contributed by atoms with Gasteiger partial charge < -0.3 is 10.6 Å². The van der Waals surface area contributed by atoms with Crippen molar-refractivity contribution in [2.45, 2.75) is 50.9 Å². The number of nitrogens with two attached hydrogens (primary N) is 1. The van der Waals surface area contributed by atoms with Crippen LogP contribution < -0.4 is 10.6 Å². The average molecular weight is 286 g/mol. The van der Waals surface area contributed by atoms with E-state index in [0.717, 1.165) is 24.6 Å². The molecule has 0 spiro atoms. The molecule has 0 heterocycles. The minimum atomic E-state index is -4.34. The van der Waals surface area contributed by atoms with Gasteiger partial charge >= 0.3 is 6.18 Å². The van der Waals surface area contributed by atoms with E-state index in [0.29, 0.717) is 6.04 Å². The summed E-state index contributed by atoms with van der Waals surface area (Å²) in [6, 6.07) is 4.70. The molecule has 1 aliphatic rings. The van der Waals surface area contributed by atoms with E-state index in [1.807, 2.05) is 7.05 Å². The Kier molecular flexibility index (Phi) is 4.58. The molecular weight excluding hydrogens is 265 g/mol. The minimum Gasteiger partial charge on any atom is -0.372 e. The van der Waals surface area contributed by atoms with Gasteiger partial charge in [-0.05, 0) is 36.6 Å². The van der Waals surface area contributed by atoms with Crippen molar-refractivity contribution in [2.75, 3.05) is 11.9 Å². The standard InChI is InChI=1S/C15H21F3N2/c1-20(12-5-3-2-4-6-12)13-7-8-14(15(16,17)18)11(9-13)10-19/h7-9,12H,2-6,10,19H2,1H3. The third-order valence-electron chi connectivity index (χ3n) is 4.14. The number of alkyl halides is 3. The molecule has 112 valence electrons. The second-order valence-corrected chi connectivity index (χ2v) is 5.45. The lowest BCUT2D eigenvalue weighted by molar-refractivity contribution is -0.138. The Morgan fingerprint density at radius 2 is 1.85 bits per heavy atom. The fourth-order valence-electron chi connectivity index (χ4n) is 2.92. The van der Waals surface area contributed by atoms with Crippen LogP contribution in [0.1, 0.15) is 43.2 Å². The van der Waals surface area contributed by atoms with Gasteiger partial charge in [-0.25, -0.2) is 0 Å². The van der Waals surface area contributed by atoms with Crippen LogP contribution in [0.25, 0.3) is 0 Å². The fraction of sp³-hybridized carbons (Fsp3) is 0.600. The van der Waals surface area contributed by atoms with E-state index in [2.05, 4.69) is 4.90 Å². The van der Waals surface area contributed by atoms with E-state index in [-0.39, 0.29) is 12.1 Å². The van der Waals surface area contributed by atoms with Crippen LogP contribution in [0.15, 0.2) is 18.2 Å². The molecular formula is C15H21F3N2. The van der Waals surface area contributed by atoms with Crippen molar-refractivity contribution in [1.29, 1.82) is 0 Å². The highest BCUT2D eigenvalue weighted by molar-refractivity contribution is 5.52. The first-order valence-electron chi connectivity index (χ1n) is 7.06. The van der Waals surface area contributed by atoms with E-state index < -0.39 is 11.7 Å². The van der Waals surface area contributed by atoms with Crippen LogP contribution in [0.2, 0.25) is 0 Å². The molecule has 0 radical (unpaired) electrons. The molecule has 5 heteroatoms. The molecule has 1 aliphatic carbocycles. The van der Waals surface area contributed by atoms with Gasteiger partial charge in [-0.1, -0.05) is 19.3 Å². The molecule has 0 unspecified atom stereocenters. The molecule has 2 rings (SSSR count). The summed E-state index contributed by atoms with van der Waals surface area (Å²) in [6.07, 6.45) is 1.52. The molecule has 0 aliphatic heterocycles. The number of benzene rings is 1. The van der Waals surface area contributed by atoms with Crippen LogP contribution >= 0.6 is 0 Å².